The number of nitrogens with one attached hydrogen (secondary N) is 1. The average molecular weight is 449 g/mol. The molecule has 0 radical (unpaired) electrons. The molecule has 0 bridgehead atoms. The Labute approximate surface area is 183 Å². The summed E-state index contributed by atoms with van der Waals surface area (Å²) in [7, 11) is -3.34. The lowest BCUT2D eigenvalue weighted by molar-refractivity contribution is -0.137. The first-order valence-corrected chi connectivity index (χ1v) is 13.4. The molecule has 2 aliphatic carbocycles. The van der Waals surface area contributed by atoms with E-state index in [9.17, 15) is 18.0 Å². The fourth-order valence-electron chi connectivity index (χ4n) is 6.04. The van der Waals surface area contributed by atoms with Gasteiger partial charge in [-0.25, -0.2) is 13.4 Å². The topological polar surface area (TPSA) is 103 Å². The summed E-state index contributed by atoms with van der Waals surface area (Å²) in [6, 6.07) is -0.222. The van der Waals surface area contributed by atoms with Crippen molar-refractivity contribution in [1.82, 2.24) is 19.2 Å². The lowest BCUT2D eigenvalue weighted by atomic mass is 9.99. The zero-order valence-electron chi connectivity index (χ0n) is 18.2. The summed E-state index contributed by atoms with van der Waals surface area (Å²) >= 11 is 0. The number of likely N-dealkylation sites (tertiary alicyclic amines) is 1. The monoisotopic (exact) mass is 448 g/mol. The van der Waals surface area contributed by atoms with Crippen LogP contribution >= 0.6 is 0 Å². The number of H-pyrrole nitrogens is 1. The molecule has 9 heteroatoms. The second-order valence-electron chi connectivity index (χ2n) is 9.54. The van der Waals surface area contributed by atoms with Gasteiger partial charge >= 0.3 is 0 Å². The first kappa shape index (κ1) is 21.1. The third-order valence-corrected chi connectivity index (χ3v) is 9.69. The summed E-state index contributed by atoms with van der Waals surface area (Å²) in [4.78, 5) is 35.9. The SMILES string of the molecule is CCS(=O)(=O)N1CCc2c(nc([C@H]3CCCCN3C(=O)C3[C@H]4CCCC[C@H]34)[nH]c2=O)C1. The lowest BCUT2D eigenvalue weighted by Gasteiger charge is -2.36. The van der Waals surface area contributed by atoms with Crippen molar-refractivity contribution in [3.63, 3.8) is 0 Å². The number of carbonyl (C=O) groups is 1. The van der Waals surface area contributed by atoms with Crippen LogP contribution in [0.5, 0.6) is 0 Å². The van der Waals surface area contributed by atoms with Gasteiger partial charge in [0.1, 0.15) is 5.82 Å². The maximum atomic E-state index is 13.4. The van der Waals surface area contributed by atoms with Gasteiger partial charge in [0, 0.05) is 24.6 Å². The van der Waals surface area contributed by atoms with E-state index < -0.39 is 10.0 Å². The molecule has 8 nitrogen and oxygen atoms in total. The number of sulfonamides is 1. The molecular weight excluding hydrogens is 416 g/mol. The predicted octanol–water partition coefficient (Wildman–Crippen LogP) is 1.97. The molecule has 1 amide bonds. The van der Waals surface area contributed by atoms with Crippen LogP contribution < -0.4 is 5.56 Å². The summed E-state index contributed by atoms with van der Waals surface area (Å²) < 4.78 is 26.1. The van der Waals surface area contributed by atoms with E-state index in [2.05, 4.69) is 4.98 Å². The Morgan fingerprint density at radius 1 is 1.10 bits per heavy atom. The van der Waals surface area contributed by atoms with Crippen molar-refractivity contribution in [3.8, 4) is 0 Å². The Morgan fingerprint density at radius 2 is 1.81 bits per heavy atom. The summed E-state index contributed by atoms with van der Waals surface area (Å²) in [5, 5.41) is 0. The number of rotatable bonds is 4. The van der Waals surface area contributed by atoms with Gasteiger partial charge in [-0.3, -0.25) is 9.59 Å². The highest BCUT2D eigenvalue weighted by Crippen LogP contribution is 2.56. The minimum absolute atomic E-state index is 0.0347. The summed E-state index contributed by atoms with van der Waals surface area (Å²) in [5.74, 6) is 2.04. The minimum atomic E-state index is -3.34. The Kier molecular flexibility index (Phi) is 5.45. The average Bonchev–Trinajstić information content (AvgIpc) is 3.52. The van der Waals surface area contributed by atoms with E-state index >= 15 is 0 Å². The highest BCUT2D eigenvalue weighted by molar-refractivity contribution is 7.89. The van der Waals surface area contributed by atoms with Gasteiger partial charge in [0.25, 0.3) is 5.56 Å². The fraction of sp³-hybridized carbons (Fsp3) is 0.773. The molecule has 3 heterocycles. The normalized spacial score (nSPS) is 31.1. The van der Waals surface area contributed by atoms with Crippen LogP contribution in [0.4, 0.5) is 0 Å². The largest absolute Gasteiger partial charge is 0.332 e. The van der Waals surface area contributed by atoms with Crippen LogP contribution in [0.15, 0.2) is 4.79 Å². The summed E-state index contributed by atoms with van der Waals surface area (Å²) in [5.41, 5.74) is 0.930. The van der Waals surface area contributed by atoms with Crippen LogP contribution in [0.25, 0.3) is 0 Å². The summed E-state index contributed by atoms with van der Waals surface area (Å²) in [6.45, 7) is 2.78. The molecule has 3 atom stereocenters. The molecule has 170 valence electrons. The van der Waals surface area contributed by atoms with Crippen molar-refractivity contribution < 1.29 is 13.2 Å². The number of nitrogens with zero attached hydrogens (tertiary/aromatic N) is 3. The maximum absolute atomic E-state index is 13.4. The number of piperidine rings is 1. The van der Waals surface area contributed by atoms with Crippen molar-refractivity contribution in [2.45, 2.75) is 70.9 Å². The van der Waals surface area contributed by atoms with Crippen LogP contribution in [0.2, 0.25) is 0 Å². The number of fused-ring (bicyclic) bond motifs is 2. The van der Waals surface area contributed by atoms with E-state index in [0.29, 0.717) is 48.4 Å². The number of hydrogen-bond donors (Lipinski definition) is 1. The molecule has 1 saturated heterocycles. The van der Waals surface area contributed by atoms with Gasteiger partial charge < -0.3 is 9.88 Å². The molecule has 3 fully saturated rings. The van der Waals surface area contributed by atoms with Crippen molar-refractivity contribution in [3.05, 3.63) is 27.4 Å². The Bertz CT molecular complexity index is 1020. The second kappa shape index (κ2) is 7.99. The van der Waals surface area contributed by atoms with E-state index in [1.54, 1.807) is 6.92 Å². The third kappa shape index (κ3) is 3.73. The number of carbonyl (C=O) groups excluding carboxylic acids is 1. The van der Waals surface area contributed by atoms with Gasteiger partial charge in [0.2, 0.25) is 15.9 Å². The highest BCUT2D eigenvalue weighted by atomic mass is 32.2. The quantitative estimate of drug-likeness (QED) is 0.758. The van der Waals surface area contributed by atoms with Crippen LogP contribution in [0, 0.1) is 17.8 Å². The zero-order valence-corrected chi connectivity index (χ0v) is 19.0. The molecule has 4 aliphatic rings. The molecule has 1 N–H and O–H groups in total. The Balaban J connectivity index is 1.42. The van der Waals surface area contributed by atoms with Crippen molar-refractivity contribution in [1.29, 1.82) is 0 Å². The standard InChI is InChI=1S/C22H32N4O4S/c1-2-31(29,30)25-12-10-16-17(13-25)23-20(24-21(16)27)18-9-5-6-11-26(18)22(28)19-14-7-3-4-8-15(14)19/h14-15,18-19H,2-13H2,1H3,(H,23,24,27)/t14-,15-,18+/m0/s1. The molecule has 2 saturated carbocycles. The zero-order chi connectivity index (χ0) is 21.8. The minimum Gasteiger partial charge on any atom is -0.332 e. The summed E-state index contributed by atoms with van der Waals surface area (Å²) in [6.07, 6.45) is 7.90. The number of aromatic amines is 1. The van der Waals surface area contributed by atoms with Crippen LogP contribution in [0.3, 0.4) is 0 Å². The van der Waals surface area contributed by atoms with Crippen LogP contribution in [-0.2, 0) is 27.8 Å². The Morgan fingerprint density at radius 3 is 2.52 bits per heavy atom. The van der Waals surface area contributed by atoms with Gasteiger partial charge in [0.05, 0.1) is 24.0 Å². The van der Waals surface area contributed by atoms with E-state index in [-0.39, 0.29) is 35.7 Å². The van der Waals surface area contributed by atoms with Gasteiger partial charge in [0.15, 0.2) is 0 Å². The van der Waals surface area contributed by atoms with Crippen LogP contribution in [0.1, 0.15) is 75.0 Å². The fourth-order valence-corrected chi connectivity index (χ4v) is 7.10. The van der Waals surface area contributed by atoms with Gasteiger partial charge in [-0.1, -0.05) is 12.8 Å². The number of amides is 1. The maximum Gasteiger partial charge on any atom is 0.254 e. The molecule has 1 aromatic rings. The van der Waals surface area contributed by atoms with Gasteiger partial charge in [-0.2, -0.15) is 4.31 Å². The smallest absolute Gasteiger partial charge is 0.254 e. The van der Waals surface area contributed by atoms with Gasteiger partial charge in [-0.05, 0) is 57.3 Å². The van der Waals surface area contributed by atoms with E-state index in [1.807, 2.05) is 4.90 Å². The second-order valence-corrected chi connectivity index (χ2v) is 11.8. The van der Waals surface area contributed by atoms with E-state index in [0.717, 1.165) is 32.1 Å². The molecule has 1 aromatic heterocycles. The number of aromatic nitrogens is 2. The highest BCUT2D eigenvalue weighted by Gasteiger charge is 2.56. The third-order valence-electron chi connectivity index (χ3n) is 7.86. The van der Waals surface area contributed by atoms with Crippen LogP contribution in [-0.4, -0.2) is 52.3 Å². The molecule has 31 heavy (non-hydrogen) atoms. The van der Waals surface area contributed by atoms with Crippen molar-refractivity contribution >= 4 is 15.9 Å². The molecular formula is C22H32N4O4S. The van der Waals surface area contributed by atoms with Gasteiger partial charge in [-0.15, -0.1) is 0 Å². The molecule has 5 rings (SSSR count). The number of hydrogen-bond acceptors (Lipinski definition) is 5. The molecule has 0 spiro atoms. The van der Waals surface area contributed by atoms with E-state index in [4.69, 9.17) is 4.98 Å². The van der Waals surface area contributed by atoms with Crippen molar-refractivity contribution in [2.24, 2.45) is 17.8 Å². The predicted molar refractivity (Wildman–Crippen MR) is 116 cm³/mol. The lowest BCUT2D eigenvalue weighted by Crippen LogP contribution is -2.43. The molecule has 2 aliphatic heterocycles. The Hall–Kier alpha value is -1.74. The molecule has 0 aromatic carbocycles. The van der Waals surface area contributed by atoms with E-state index in [1.165, 1.54) is 17.1 Å². The first-order valence-electron chi connectivity index (χ1n) is 11.8. The molecule has 0 unspecified atom stereocenters. The van der Waals surface area contributed by atoms with Crippen molar-refractivity contribution in [2.75, 3.05) is 18.8 Å². The first-order chi connectivity index (χ1) is 14.9.